The number of aryl methyl sites for hydroxylation is 6. The molecule has 2 aromatic heterocycles. The number of benzene rings is 8. The Hall–Kier alpha value is -10.1. The van der Waals surface area contributed by atoms with Gasteiger partial charge in [0.1, 0.15) is 43.0 Å². The van der Waals surface area contributed by atoms with Crippen molar-refractivity contribution in [3.05, 3.63) is 288 Å². The molecule has 0 saturated carbocycles. The molecule has 0 aliphatic carbocycles. The van der Waals surface area contributed by atoms with Gasteiger partial charge < -0.3 is 45.6 Å². The summed E-state index contributed by atoms with van der Waals surface area (Å²) < 4.78 is 12.1. The molecule has 596 valence electrons. The van der Waals surface area contributed by atoms with E-state index >= 15 is 0 Å². The van der Waals surface area contributed by atoms with Crippen molar-refractivity contribution in [3.8, 4) is 11.5 Å². The van der Waals surface area contributed by atoms with Crippen LogP contribution in [0.4, 0.5) is 0 Å². The van der Waals surface area contributed by atoms with Gasteiger partial charge in [-0.2, -0.15) is 0 Å². The molecule has 0 bridgehead atoms. The lowest BCUT2D eigenvalue weighted by molar-refractivity contribution is -0.145. The minimum Gasteiger partial charge on any atom is -0.490 e. The number of rotatable bonds is 42. The number of β-amino-alcohol motifs (C(OH)–C–C–N with tert-alkyl or cyclic N) is 2. The molecule has 0 spiro atoms. The third kappa shape index (κ3) is 31.1. The zero-order chi connectivity index (χ0) is 78.7. The van der Waals surface area contributed by atoms with Crippen LogP contribution in [0.2, 0.25) is 0 Å². The molecular weight excluding hydrogens is 1410 g/mol. The summed E-state index contributed by atoms with van der Waals surface area (Å²) in [6.45, 7) is 4.50. The van der Waals surface area contributed by atoms with E-state index in [1.165, 1.54) is 33.4 Å². The number of amides is 3. The van der Waals surface area contributed by atoms with Gasteiger partial charge in [0.25, 0.3) is 0 Å². The molecule has 2 fully saturated rings. The van der Waals surface area contributed by atoms with Crippen molar-refractivity contribution in [3.63, 3.8) is 0 Å². The number of hydrogen-bond donors (Lipinski definition) is 6. The number of aliphatic hydroxyl groups excluding tert-OH is 2. The number of aliphatic carboxylic acids is 1. The van der Waals surface area contributed by atoms with Crippen LogP contribution in [0, 0.1) is 0 Å². The molecule has 0 radical (unpaired) electrons. The fraction of sp³-hybridized carbons (Fsp3) is 0.396. The van der Waals surface area contributed by atoms with Gasteiger partial charge in [0.2, 0.25) is 17.7 Å². The number of ether oxygens (including phenoxy) is 2. The Morgan fingerprint density at radius 3 is 1.19 bits per heavy atom. The number of carboxylic acids is 1. The summed E-state index contributed by atoms with van der Waals surface area (Å²) in [5, 5.41) is 42.4. The van der Waals surface area contributed by atoms with Gasteiger partial charge in [0.15, 0.2) is 0 Å². The number of aromatic nitrogens is 2. The average Bonchev–Trinajstić information content (AvgIpc) is 0.816. The second-order valence-corrected chi connectivity index (χ2v) is 30.1. The van der Waals surface area contributed by atoms with Crippen molar-refractivity contribution in [1.29, 1.82) is 0 Å². The molecule has 2 saturated heterocycles. The maximum atomic E-state index is 14.4. The molecule has 17 heteroatoms. The Morgan fingerprint density at radius 1 is 0.407 bits per heavy atom. The Kier molecular flexibility index (Phi) is 36.8. The fourth-order valence-corrected chi connectivity index (χ4v) is 15.1. The third-order valence-electron chi connectivity index (χ3n) is 21.2. The van der Waals surface area contributed by atoms with E-state index in [-0.39, 0.29) is 49.1 Å². The minimum absolute atomic E-state index is 0.00517. The molecule has 17 nitrogen and oxygen atoms in total. The highest BCUT2D eigenvalue weighted by Crippen LogP contribution is 2.27. The normalized spacial score (nSPS) is 15.0. The van der Waals surface area contributed by atoms with Crippen LogP contribution in [0.5, 0.6) is 11.5 Å². The smallest absolute Gasteiger partial charge is 0.303 e. The van der Waals surface area contributed by atoms with E-state index in [1.54, 1.807) is 17.3 Å². The molecule has 113 heavy (non-hydrogen) atoms. The molecule has 2 aliphatic heterocycles. The first-order valence-electron chi connectivity index (χ1n) is 41.3. The first-order chi connectivity index (χ1) is 55.4. The maximum absolute atomic E-state index is 14.4. The first kappa shape index (κ1) is 85.3. The Bertz CT molecular complexity index is 4240. The van der Waals surface area contributed by atoms with Gasteiger partial charge in [-0.3, -0.25) is 38.9 Å². The highest BCUT2D eigenvalue weighted by Gasteiger charge is 2.37. The zero-order valence-corrected chi connectivity index (χ0v) is 65.9. The summed E-state index contributed by atoms with van der Waals surface area (Å²) in [5.74, 6) is 0.672. The van der Waals surface area contributed by atoms with E-state index in [4.69, 9.17) is 14.6 Å². The molecule has 6 N–H and O–H groups in total. The van der Waals surface area contributed by atoms with Crippen LogP contribution in [-0.4, -0.2) is 166 Å². The highest BCUT2D eigenvalue weighted by molar-refractivity contribution is 5.89. The van der Waals surface area contributed by atoms with Gasteiger partial charge >= 0.3 is 5.97 Å². The molecular formula is C96H118N8O9. The molecule has 4 atom stereocenters. The monoisotopic (exact) mass is 1530 g/mol. The third-order valence-corrected chi connectivity index (χ3v) is 21.2. The zero-order valence-electron chi connectivity index (χ0n) is 65.9. The molecule has 2 aliphatic rings. The van der Waals surface area contributed by atoms with Crippen LogP contribution in [0.1, 0.15) is 136 Å². The number of hydrogen-bond acceptors (Lipinski definition) is 13. The number of nitrogens with one attached hydrogen (secondary N) is 3. The predicted molar refractivity (Wildman–Crippen MR) is 453 cm³/mol. The van der Waals surface area contributed by atoms with Gasteiger partial charge in [0.05, 0.1) is 17.1 Å². The molecule has 12 rings (SSSR count). The standard InChI is InChI=1S/C48H58N4O4.C36H44N4O3.C12H16O2/c53-42(37-56-46-30-15-29-44-43(46)28-16-32-49-44)35-51-33-34-52(47(54)31-12-4-11-19-38-17-5-1-6-18-38)45(36-51)48(55)50-41(26-13-24-39-20-7-2-8-21-39)27-14-25-40-22-9-3-10-23-40;41-31(27-43-35-21-9-20-33-32(35)19-10-22-37-33)25-40-24-23-38-34(26-40)36(42)39-30(17-7-15-28-11-3-1-4-12-28)18-8-16-29-13-5-2-6-14-29;13-12(14)10-6-2-5-9-11-7-3-1-4-8-11/h1-3,5-10,15-18,20-23,28-30,32,41-42,45,53H,4,11-14,19,24-27,31,33-37H2,(H,50,55);1-6,9-14,19-22,30-31,34,38,41H,7-8,15-18,23-27H2,(H,39,42);1,3-4,7-8H,2,5-6,9-10H2,(H,13,14)/t42-,45?;31-,34?;/m11./s1. The van der Waals surface area contributed by atoms with Crippen molar-refractivity contribution in [2.75, 3.05) is 65.6 Å². The summed E-state index contributed by atoms with van der Waals surface area (Å²) in [6.07, 6.45) is 22.0. The predicted octanol–water partition coefficient (Wildman–Crippen LogP) is 15.5. The number of pyridine rings is 2. The summed E-state index contributed by atoms with van der Waals surface area (Å²) in [5.41, 5.74) is 9.61. The van der Waals surface area contributed by atoms with Gasteiger partial charge in [-0.05, 0) is 197 Å². The van der Waals surface area contributed by atoms with Crippen molar-refractivity contribution < 1.29 is 44.0 Å². The lowest BCUT2D eigenvalue weighted by Gasteiger charge is -2.41. The van der Waals surface area contributed by atoms with Crippen LogP contribution < -0.4 is 25.4 Å². The Labute approximate surface area is 669 Å². The number of unbranched alkanes of at least 4 members (excludes halogenated alkanes) is 4. The number of carboxylic acid groups (broad SMARTS) is 1. The lowest BCUT2D eigenvalue weighted by atomic mass is 9.98. The van der Waals surface area contributed by atoms with Crippen LogP contribution in [0.15, 0.2) is 255 Å². The van der Waals surface area contributed by atoms with E-state index in [0.717, 1.165) is 157 Å². The summed E-state index contributed by atoms with van der Waals surface area (Å²) in [6, 6.07) is 81.2. The molecule has 3 amide bonds. The van der Waals surface area contributed by atoms with Gasteiger partial charge in [-0.25, -0.2) is 0 Å². The number of piperazine rings is 2. The van der Waals surface area contributed by atoms with Crippen LogP contribution in [-0.2, 0) is 57.7 Å². The fourth-order valence-electron chi connectivity index (χ4n) is 15.1. The van der Waals surface area contributed by atoms with E-state index in [0.29, 0.717) is 70.2 Å². The van der Waals surface area contributed by atoms with Crippen molar-refractivity contribution in [2.45, 2.75) is 178 Å². The van der Waals surface area contributed by atoms with Crippen LogP contribution >= 0.6 is 0 Å². The Morgan fingerprint density at radius 2 is 0.788 bits per heavy atom. The van der Waals surface area contributed by atoms with Crippen LogP contribution in [0.25, 0.3) is 21.8 Å². The number of carbonyl (C=O) groups is 4. The quantitative estimate of drug-likeness (QED) is 0.0196. The maximum Gasteiger partial charge on any atom is 0.303 e. The second kappa shape index (κ2) is 48.7. The molecule has 8 aromatic carbocycles. The second-order valence-electron chi connectivity index (χ2n) is 30.1. The van der Waals surface area contributed by atoms with Crippen molar-refractivity contribution >= 4 is 45.5 Å². The minimum atomic E-state index is -0.777. The van der Waals surface area contributed by atoms with Gasteiger partial charge in [-0.15, -0.1) is 0 Å². The van der Waals surface area contributed by atoms with E-state index in [2.05, 4.69) is 169 Å². The summed E-state index contributed by atoms with van der Waals surface area (Å²) >= 11 is 0. The SMILES string of the molecule is O=C(NC(CCCc1ccccc1)CCCc1ccccc1)C1CN(C[C@@H](O)COc2cccc3ncccc23)CCN1.O=C(NC(CCCc1ccccc1)CCCc1ccccc1)C1CN(C[C@@H](O)COc2cccc3ncccc23)CCN1C(=O)CCCCCc1ccccc1.O=C(O)CCCCCc1ccccc1. The number of fused-ring (bicyclic) bond motifs is 2. The molecule has 4 heterocycles. The largest absolute Gasteiger partial charge is 0.490 e. The van der Waals surface area contributed by atoms with Crippen molar-refractivity contribution in [1.82, 2.24) is 40.6 Å². The molecule has 10 aromatic rings. The van der Waals surface area contributed by atoms with E-state index in [9.17, 15) is 29.4 Å². The Balaban J connectivity index is 0.000000209. The lowest BCUT2D eigenvalue weighted by Crippen LogP contribution is -2.62. The van der Waals surface area contributed by atoms with Gasteiger partial charge in [-0.1, -0.05) is 207 Å². The number of carbonyl (C=O) groups excluding carboxylic acids is 3. The number of nitrogens with zero attached hydrogens (tertiary/aromatic N) is 5. The summed E-state index contributed by atoms with van der Waals surface area (Å²) in [7, 11) is 0. The van der Waals surface area contributed by atoms with E-state index in [1.807, 2.05) is 109 Å². The number of aliphatic hydroxyl groups is 2. The van der Waals surface area contributed by atoms with Crippen molar-refractivity contribution in [2.24, 2.45) is 0 Å². The van der Waals surface area contributed by atoms with Gasteiger partial charge in [0, 0.05) is 100 Å². The average molecular weight is 1530 g/mol. The summed E-state index contributed by atoms with van der Waals surface area (Å²) in [4.78, 5) is 66.7. The molecule has 2 unspecified atom stereocenters. The first-order valence-corrected chi connectivity index (χ1v) is 41.3. The van der Waals surface area contributed by atoms with E-state index < -0.39 is 24.2 Å². The highest BCUT2D eigenvalue weighted by atomic mass is 16.5. The topological polar surface area (TPSA) is 219 Å². The van der Waals surface area contributed by atoms with Crippen LogP contribution in [0.3, 0.4) is 0 Å².